The number of halogens is 1. The number of amides is 1. The fourth-order valence-corrected chi connectivity index (χ4v) is 2.40. The second kappa shape index (κ2) is 5.95. The minimum Gasteiger partial charge on any atom is -0.302 e. The minimum absolute atomic E-state index is 0.160. The first kappa shape index (κ1) is 13.7. The van der Waals surface area contributed by atoms with Gasteiger partial charge in [0.1, 0.15) is 5.82 Å². The molecule has 2 rings (SSSR count). The topological polar surface area (TPSA) is 37.4 Å². The van der Waals surface area contributed by atoms with Gasteiger partial charge in [0.15, 0.2) is 0 Å². The number of unbranched alkanes of at least 4 members (excludes halogenated alkanes) is 4. The summed E-state index contributed by atoms with van der Waals surface area (Å²) in [5, 5.41) is 0. The summed E-state index contributed by atoms with van der Waals surface area (Å²) in [4.78, 5) is 24.9. The highest BCUT2D eigenvalue weighted by atomic mass is 19.1. The lowest BCUT2D eigenvalue weighted by Gasteiger charge is -2.16. The Balaban J connectivity index is 2.06. The van der Waals surface area contributed by atoms with Crippen LogP contribution in [0, 0.1) is 5.82 Å². The third-order valence-corrected chi connectivity index (χ3v) is 3.43. The zero-order chi connectivity index (χ0) is 13.8. The van der Waals surface area contributed by atoms with Gasteiger partial charge in [-0.3, -0.25) is 9.59 Å². The van der Waals surface area contributed by atoms with E-state index in [0.29, 0.717) is 6.54 Å². The SMILES string of the molecule is CCCCCCCN1C(=O)C(=O)c2cccc(F)c21. The summed E-state index contributed by atoms with van der Waals surface area (Å²) in [6.07, 6.45) is 5.22. The van der Waals surface area contributed by atoms with Crippen LogP contribution in [-0.2, 0) is 4.79 Å². The van der Waals surface area contributed by atoms with Crippen LogP contribution >= 0.6 is 0 Å². The van der Waals surface area contributed by atoms with Gasteiger partial charge in [0.25, 0.3) is 11.7 Å². The highest BCUT2D eigenvalue weighted by Gasteiger charge is 2.37. The van der Waals surface area contributed by atoms with Gasteiger partial charge in [0.05, 0.1) is 11.3 Å². The molecule has 0 saturated carbocycles. The summed E-state index contributed by atoms with van der Waals surface area (Å²) in [7, 11) is 0. The van der Waals surface area contributed by atoms with Gasteiger partial charge in [0.2, 0.25) is 0 Å². The van der Waals surface area contributed by atoms with E-state index in [4.69, 9.17) is 0 Å². The molecule has 1 aromatic carbocycles. The van der Waals surface area contributed by atoms with Gasteiger partial charge in [-0.15, -0.1) is 0 Å². The van der Waals surface area contributed by atoms with Crippen molar-refractivity contribution in [2.45, 2.75) is 39.0 Å². The van der Waals surface area contributed by atoms with Crippen molar-refractivity contribution in [3.05, 3.63) is 29.6 Å². The molecule has 0 saturated heterocycles. The maximum Gasteiger partial charge on any atom is 0.299 e. The molecule has 0 unspecified atom stereocenters. The van der Waals surface area contributed by atoms with Crippen LogP contribution in [-0.4, -0.2) is 18.2 Å². The molecule has 0 N–H and O–H groups in total. The Bertz CT molecular complexity index is 499. The van der Waals surface area contributed by atoms with Gasteiger partial charge in [-0.05, 0) is 18.6 Å². The fourth-order valence-electron chi connectivity index (χ4n) is 2.40. The molecular weight excluding hydrogens is 245 g/mol. The number of anilines is 1. The molecular formula is C15H18FNO2. The van der Waals surface area contributed by atoms with E-state index in [-0.39, 0.29) is 11.3 Å². The van der Waals surface area contributed by atoms with Crippen molar-refractivity contribution in [3.63, 3.8) is 0 Å². The molecule has 1 heterocycles. The number of carbonyl (C=O) groups excluding carboxylic acids is 2. The smallest absolute Gasteiger partial charge is 0.299 e. The lowest BCUT2D eigenvalue weighted by molar-refractivity contribution is -0.114. The Morgan fingerprint density at radius 3 is 2.58 bits per heavy atom. The van der Waals surface area contributed by atoms with Crippen LogP contribution in [0.1, 0.15) is 49.4 Å². The number of carbonyl (C=O) groups is 2. The summed E-state index contributed by atoms with van der Waals surface area (Å²) < 4.78 is 13.8. The van der Waals surface area contributed by atoms with Crippen LogP contribution in [0.4, 0.5) is 10.1 Å². The predicted molar refractivity (Wildman–Crippen MR) is 71.8 cm³/mol. The highest BCUT2D eigenvalue weighted by Crippen LogP contribution is 2.31. The van der Waals surface area contributed by atoms with E-state index in [1.807, 2.05) is 0 Å². The predicted octanol–water partition coefficient (Wildman–Crippen LogP) is 3.33. The van der Waals surface area contributed by atoms with Crippen LogP contribution in [0.2, 0.25) is 0 Å². The lowest BCUT2D eigenvalue weighted by Crippen LogP contribution is -2.31. The van der Waals surface area contributed by atoms with E-state index in [0.717, 1.165) is 32.1 Å². The monoisotopic (exact) mass is 263 g/mol. The number of fused-ring (bicyclic) bond motifs is 1. The van der Waals surface area contributed by atoms with Crippen LogP contribution in [0.25, 0.3) is 0 Å². The van der Waals surface area contributed by atoms with E-state index < -0.39 is 17.5 Å². The van der Waals surface area contributed by atoms with Crippen molar-refractivity contribution in [3.8, 4) is 0 Å². The van der Waals surface area contributed by atoms with E-state index in [2.05, 4.69) is 6.92 Å². The average molecular weight is 263 g/mol. The van der Waals surface area contributed by atoms with E-state index in [9.17, 15) is 14.0 Å². The van der Waals surface area contributed by atoms with E-state index in [1.54, 1.807) is 0 Å². The molecule has 0 atom stereocenters. The molecule has 102 valence electrons. The number of rotatable bonds is 6. The fraction of sp³-hybridized carbons (Fsp3) is 0.467. The normalized spacial score (nSPS) is 14.1. The molecule has 0 aliphatic carbocycles. The lowest BCUT2D eigenvalue weighted by atomic mass is 10.1. The van der Waals surface area contributed by atoms with Crippen molar-refractivity contribution in [1.29, 1.82) is 0 Å². The van der Waals surface area contributed by atoms with Crippen LogP contribution in [0.15, 0.2) is 18.2 Å². The molecule has 0 aromatic heterocycles. The van der Waals surface area contributed by atoms with E-state index in [1.165, 1.54) is 23.1 Å². The van der Waals surface area contributed by atoms with Crippen molar-refractivity contribution < 1.29 is 14.0 Å². The zero-order valence-corrected chi connectivity index (χ0v) is 11.1. The summed E-state index contributed by atoms with van der Waals surface area (Å²) in [5.41, 5.74) is 0.353. The van der Waals surface area contributed by atoms with Gasteiger partial charge in [-0.25, -0.2) is 4.39 Å². The summed E-state index contributed by atoms with van der Waals surface area (Å²) >= 11 is 0. The second-order valence-corrected chi connectivity index (χ2v) is 4.84. The third kappa shape index (κ3) is 2.67. The van der Waals surface area contributed by atoms with Gasteiger partial charge in [0, 0.05) is 6.54 Å². The highest BCUT2D eigenvalue weighted by molar-refractivity contribution is 6.52. The maximum atomic E-state index is 13.8. The van der Waals surface area contributed by atoms with E-state index >= 15 is 0 Å². The largest absolute Gasteiger partial charge is 0.302 e. The zero-order valence-electron chi connectivity index (χ0n) is 11.1. The maximum absolute atomic E-state index is 13.8. The molecule has 3 nitrogen and oxygen atoms in total. The summed E-state index contributed by atoms with van der Waals surface area (Å²) in [6, 6.07) is 4.26. The summed E-state index contributed by atoms with van der Waals surface area (Å²) in [6.45, 7) is 2.55. The molecule has 1 aliphatic rings. The molecule has 1 aliphatic heterocycles. The van der Waals surface area contributed by atoms with Crippen molar-refractivity contribution in [1.82, 2.24) is 0 Å². The van der Waals surface area contributed by atoms with Gasteiger partial charge in [-0.2, -0.15) is 0 Å². The van der Waals surface area contributed by atoms with Gasteiger partial charge >= 0.3 is 0 Å². The Morgan fingerprint density at radius 2 is 1.84 bits per heavy atom. The van der Waals surface area contributed by atoms with Crippen molar-refractivity contribution in [2.75, 3.05) is 11.4 Å². The first-order valence-corrected chi connectivity index (χ1v) is 6.81. The molecule has 1 aromatic rings. The number of hydrogen-bond donors (Lipinski definition) is 0. The number of nitrogens with zero attached hydrogens (tertiary/aromatic N) is 1. The van der Waals surface area contributed by atoms with Gasteiger partial charge < -0.3 is 4.90 Å². The Hall–Kier alpha value is -1.71. The Labute approximate surface area is 112 Å². The Kier molecular flexibility index (Phi) is 4.30. The number of Topliss-reactive ketones (excluding diaryl/α,β-unsaturated/α-hetero) is 1. The molecule has 0 bridgehead atoms. The first-order chi connectivity index (χ1) is 9.16. The number of ketones is 1. The summed E-state index contributed by atoms with van der Waals surface area (Å²) in [5.74, 6) is -1.69. The molecule has 0 fully saturated rings. The van der Waals surface area contributed by atoms with Crippen LogP contribution < -0.4 is 4.90 Å². The minimum atomic E-state index is -0.601. The molecule has 1 amide bonds. The molecule has 0 radical (unpaired) electrons. The van der Waals surface area contributed by atoms with Crippen molar-refractivity contribution >= 4 is 17.4 Å². The number of hydrogen-bond acceptors (Lipinski definition) is 2. The standard InChI is InChI=1S/C15H18FNO2/c1-2-3-4-5-6-10-17-13-11(14(18)15(17)19)8-7-9-12(13)16/h7-9H,2-6,10H2,1H3. The Morgan fingerprint density at radius 1 is 1.11 bits per heavy atom. The average Bonchev–Trinajstić information content (AvgIpc) is 2.65. The molecule has 4 heteroatoms. The number of para-hydroxylation sites is 1. The third-order valence-electron chi connectivity index (χ3n) is 3.43. The molecule has 19 heavy (non-hydrogen) atoms. The molecule has 0 spiro atoms. The quantitative estimate of drug-likeness (QED) is 0.583. The van der Waals surface area contributed by atoms with Crippen LogP contribution in [0.3, 0.4) is 0 Å². The van der Waals surface area contributed by atoms with Crippen molar-refractivity contribution in [2.24, 2.45) is 0 Å². The second-order valence-electron chi connectivity index (χ2n) is 4.84. The first-order valence-electron chi connectivity index (χ1n) is 6.81. The van der Waals surface area contributed by atoms with Crippen LogP contribution in [0.5, 0.6) is 0 Å². The van der Waals surface area contributed by atoms with Gasteiger partial charge in [-0.1, -0.05) is 38.7 Å². The number of benzene rings is 1.